The molecular weight excluding hydrogens is 448 g/mol. The number of rotatable bonds is 7. The number of nitrogens with one attached hydrogen (secondary N) is 1. The van der Waals surface area contributed by atoms with Crippen LogP contribution in [0.5, 0.6) is 10.8 Å². The minimum Gasteiger partial charge on any atom is -0.469 e. The van der Waals surface area contributed by atoms with Crippen molar-refractivity contribution in [1.29, 1.82) is 0 Å². The molecule has 0 bridgehead atoms. The molecule has 0 saturated carbocycles. The van der Waals surface area contributed by atoms with Crippen LogP contribution in [0.3, 0.4) is 0 Å². The fourth-order valence-electron chi connectivity index (χ4n) is 3.66. The maximum absolute atomic E-state index is 12.0. The minimum absolute atomic E-state index is 0.271. The number of nitrogens with zero attached hydrogens (tertiary/aromatic N) is 3. The Morgan fingerprint density at radius 3 is 2.62 bits per heavy atom. The Bertz CT molecular complexity index is 1340. The van der Waals surface area contributed by atoms with Gasteiger partial charge in [0.25, 0.3) is 0 Å². The van der Waals surface area contributed by atoms with E-state index in [1.54, 1.807) is 12.3 Å². The molecule has 4 aromatic rings. The summed E-state index contributed by atoms with van der Waals surface area (Å²) < 4.78 is 11.1. The zero-order valence-corrected chi connectivity index (χ0v) is 20.6. The second-order valence-electron chi connectivity index (χ2n) is 7.90. The number of thiazole rings is 1. The van der Waals surface area contributed by atoms with Crippen LogP contribution in [0, 0.1) is 20.8 Å². The number of hydrogen-bond acceptors (Lipinski definition) is 8. The second kappa shape index (κ2) is 10.0. The quantitative estimate of drug-likeness (QED) is 0.313. The van der Waals surface area contributed by atoms with E-state index in [1.165, 1.54) is 18.4 Å². The molecule has 8 heteroatoms. The van der Waals surface area contributed by atoms with Gasteiger partial charge in [0.2, 0.25) is 5.06 Å². The monoisotopic (exact) mass is 474 g/mol. The predicted molar refractivity (Wildman–Crippen MR) is 134 cm³/mol. The number of anilines is 2. The highest BCUT2D eigenvalue weighted by Gasteiger charge is 2.19. The van der Waals surface area contributed by atoms with Crippen molar-refractivity contribution >= 4 is 28.8 Å². The molecule has 0 amide bonds. The molecule has 1 aromatic carbocycles. The summed E-state index contributed by atoms with van der Waals surface area (Å²) in [5.41, 5.74) is 5.13. The number of pyridine rings is 2. The number of ether oxygens (including phenoxy) is 2. The Morgan fingerprint density at radius 1 is 1.06 bits per heavy atom. The highest BCUT2D eigenvalue weighted by atomic mass is 32.1. The molecule has 1 N–H and O–H groups in total. The Balaban J connectivity index is 1.59. The topological polar surface area (TPSA) is 86.2 Å². The number of carbonyl (C=O) groups is 1. The molecule has 4 rings (SSSR count). The first-order valence-corrected chi connectivity index (χ1v) is 11.7. The van der Waals surface area contributed by atoms with E-state index in [9.17, 15) is 4.79 Å². The van der Waals surface area contributed by atoms with Crippen LogP contribution >= 0.6 is 11.3 Å². The van der Waals surface area contributed by atoms with E-state index in [0.29, 0.717) is 16.6 Å². The van der Waals surface area contributed by atoms with Crippen molar-refractivity contribution in [2.45, 2.75) is 33.6 Å². The fourth-order valence-corrected chi connectivity index (χ4v) is 4.45. The van der Waals surface area contributed by atoms with Crippen molar-refractivity contribution < 1.29 is 14.3 Å². The lowest BCUT2D eigenvalue weighted by molar-refractivity contribution is -0.142. The molecule has 0 spiro atoms. The van der Waals surface area contributed by atoms with Crippen molar-refractivity contribution in [2.24, 2.45) is 0 Å². The van der Waals surface area contributed by atoms with E-state index in [4.69, 9.17) is 9.47 Å². The van der Waals surface area contributed by atoms with E-state index < -0.39 is 0 Å². The van der Waals surface area contributed by atoms with Gasteiger partial charge in [-0.25, -0.2) is 9.97 Å². The Hall–Kier alpha value is -3.78. The summed E-state index contributed by atoms with van der Waals surface area (Å²) in [5.74, 6) is 0.622. The molecule has 34 heavy (non-hydrogen) atoms. The Morgan fingerprint density at radius 2 is 1.85 bits per heavy atom. The largest absolute Gasteiger partial charge is 0.469 e. The van der Waals surface area contributed by atoms with Crippen LogP contribution in [0.1, 0.15) is 34.7 Å². The molecule has 0 aliphatic rings. The number of benzene rings is 1. The summed E-state index contributed by atoms with van der Waals surface area (Å²) in [6, 6.07) is 15.3. The fraction of sp³-hybridized carbons (Fsp3) is 0.231. The zero-order valence-electron chi connectivity index (χ0n) is 19.7. The normalized spacial score (nSPS) is 11.7. The predicted octanol–water partition coefficient (Wildman–Crippen LogP) is 6.34. The zero-order chi connectivity index (χ0) is 24.2. The molecule has 1 unspecified atom stereocenters. The third kappa shape index (κ3) is 5.07. The van der Waals surface area contributed by atoms with Gasteiger partial charge >= 0.3 is 5.97 Å². The van der Waals surface area contributed by atoms with Crippen molar-refractivity contribution in [2.75, 3.05) is 12.4 Å². The molecule has 0 radical (unpaired) electrons. The highest BCUT2D eigenvalue weighted by molar-refractivity contribution is 7.13. The number of aromatic nitrogens is 3. The lowest BCUT2D eigenvalue weighted by Crippen LogP contribution is -2.12. The molecule has 3 aromatic heterocycles. The molecule has 7 nitrogen and oxygen atoms in total. The average Bonchev–Trinajstić information content (AvgIpc) is 3.19. The van der Waals surface area contributed by atoms with E-state index in [2.05, 4.69) is 20.3 Å². The first-order valence-electron chi connectivity index (χ1n) is 10.9. The summed E-state index contributed by atoms with van der Waals surface area (Å²) in [5, 5.41) is 4.92. The Labute approximate surface area is 202 Å². The third-order valence-electron chi connectivity index (χ3n) is 5.44. The average molecular weight is 475 g/mol. The molecule has 3 heterocycles. The summed E-state index contributed by atoms with van der Waals surface area (Å²) in [6.45, 7) is 7.70. The van der Waals surface area contributed by atoms with Gasteiger partial charge in [-0.05, 0) is 63.1 Å². The van der Waals surface area contributed by atoms with E-state index >= 15 is 0 Å². The van der Waals surface area contributed by atoms with Crippen molar-refractivity contribution in [3.05, 3.63) is 76.6 Å². The van der Waals surface area contributed by atoms with Gasteiger partial charge < -0.3 is 14.8 Å². The summed E-state index contributed by atoms with van der Waals surface area (Å²) in [6.07, 6.45) is 1.69. The number of methoxy groups -OCH3 is 1. The minimum atomic E-state index is -0.363. The van der Waals surface area contributed by atoms with Gasteiger partial charge in [0.05, 0.1) is 23.7 Å². The lowest BCUT2D eigenvalue weighted by atomic mass is 9.95. The molecule has 174 valence electrons. The molecule has 0 aliphatic heterocycles. The maximum Gasteiger partial charge on any atom is 0.312 e. The summed E-state index contributed by atoms with van der Waals surface area (Å²) in [7, 11) is 1.40. The smallest absolute Gasteiger partial charge is 0.312 e. The number of esters is 1. The van der Waals surface area contributed by atoms with Crippen molar-refractivity contribution in [1.82, 2.24) is 15.0 Å². The van der Waals surface area contributed by atoms with Gasteiger partial charge in [-0.3, -0.25) is 9.78 Å². The first-order chi connectivity index (χ1) is 16.4. The summed E-state index contributed by atoms with van der Waals surface area (Å²) in [4.78, 5) is 25.7. The number of aryl methyl sites for hydroxylation is 2. The van der Waals surface area contributed by atoms with Crippen molar-refractivity contribution in [3.63, 3.8) is 0 Å². The third-order valence-corrected chi connectivity index (χ3v) is 6.28. The van der Waals surface area contributed by atoms with Gasteiger partial charge in [0.1, 0.15) is 17.3 Å². The second-order valence-corrected chi connectivity index (χ2v) is 9.07. The van der Waals surface area contributed by atoms with Gasteiger partial charge in [-0.2, -0.15) is 0 Å². The van der Waals surface area contributed by atoms with Crippen LogP contribution in [0.2, 0.25) is 0 Å². The molecule has 0 aliphatic carbocycles. The van der Waals surface area contributed by atoms with Crippen LogP contribution in [0.25, 0.3) is 11.4 Å². The number of carbonyl (C=O) groups excluding carboxylic acids is 1. The van der Waals surface area contributed by atoms with Crippen molar-refractivity contribution in [3.8, 4) is 22.2 Å². The van der Waals surface area contributed by atoms with Crippen LogP contribution in [-0.4, -0.2) is 28.0 Å². The molecular formula is C26H26N4O3S. The Kier molecular flexibility index (Phi) is 6.88. The van der Waals surface area contributed by atoms with Gasteiger partial charge in [0, 0.05) is 23.6 Å². The molecule has 0 saturated heterocycles. The standard InChI is InChI=1S/C26H26N4O3S/c1-15-8-6-11-22(28-15)24-26(34-18(4)29-24)33-19-12-13-27-23(14-19)30-21-10-7-9-20(16(21)2)17(3)25(31)32-5/h6-14,17H,1-5H3,(H,27,30). The first kappa shape index (κ1) is 23.4. The summed E-state index contributed by atoms with van der Waals surface area (Å²) >= 11 is 1.47. The molecule has 0 fully saturated rings. The van der Waals surface area contributed by atoms with E-state index in [1.807, 2.05) is 70.2 Å². The SMILES string of the molecule is COC(=O)C(C)c1cccc(Nc2cc(Oc3sc(C)nc3-c3cccc(C)n3)ccn2)c1C. The van der Waals surface area contributed by atoms with Crippen LogP contribution in [0.4, 0.5) is 11.5 Å². The van der Waals surface area contributed by atoms with Crippen LogP contribution in [-0.2, 0) is 9.53 Å². The van der Waals surface area contributed by atoms with Gasteiger partial charge in [-0.15, -0.1) is 0 Å². The van der Waals surface area contributed by atoms with Crippen LogP contribution < -0.4 is 10.1 Å². The van der Waals surface area contributed by atoms with Gasteiger partial charge in [-0.1, -0.05) is 29.5 Å². The van der Waals surface area contributed by atoms with E-state index in [0.717, 1.165) is 38.9 Å². The lowest BCUT2D eigenvalue weighted by Gasteiger charge is -2.16. The highest BCUT2D eigenvalue weighted by Crippen LogP contribution is 2.38. The molecule has 1 atom stereocenters. The number of hydrogen-bond donors (Lipinski definition) is 1. The maximum atomic E-state index is 12.0. The van der Waals surface area contributed by atoms with Crippen LogP contribution in [0.15, 0.2) is 54.7 Å². The van der Waals surface area contributed by atoms with Gasteiger partial charge in [0.15, 0.2) is 0 Å². The van der Waals surface area contributed by atoms with E-state index in [-0.39, 0.29) is 11.9 Å².